The van der Waals surface area contributed by atoms with Crippen LogP contribution < -0.4 is 4.74 Å². The van der Waals surface area contributed by atoms with Crippen LogP contribution in [0.25, 0.3) is 0 Å². The minimum Gasteiger partial charge on any atom is -0.475 e. The van der Waals surface area contributed by atoms with Gasteiger partial charge in [-0.15, -0.1) is 11.3 Å². The number of aromatic nitrogens is 1. The Labute approximate surface area is 163 Å². The minimum atomic E-state index is -0.655. The number of nitro groups is 1. The van der Waals surface area contributed by atoms with Crippen molar-refractivity contribution in [2.75, 3.05) is 6.61 Å². The van der Waals surface area contributed by atoms with E-state index in [0.29, 0.717) is 17.9 Å². The van der Waals surface area contributed by atoms with Gasteiger partial charge in [-0.1, -0.05) is 6.07 Å². The largest absolute Gasteiger partial charge is 0.475 e. The van der Waals surface area contributed by atoms with Crippen LogP contribution in [0, 0.1) is 10.1 Å². The Morgan fingerprint density at radius 2 is 2.25 bits per heavy atom. The zero-order chi connectivity index (χ0) is 19.5. The van der Waals surface area contributed by atoms with E-state index in [2.05, 4.69) is 10.1 Å². The maximum Gasteiger partial charge on any atom is 0.406 e. The molecule has 3 aromatic heterocycles. The molecule has 10 heteroatoms. The Morgan fingerprint density at radius 1 is 1.36 bits per heavy atom. The molecular formula is C18H14N4O5S. The van der Waals surface area contributed by atoms with E-state index >= 15 is 0 Å². The summed E-state index contributed by atoms with van der Waals surface area (Å²) in [5, 5.41) is 18.7. The molecule has 3 aromatic rings. The van der Waals surface area contributed by atoms with Crippen LogP contribution >= 0.6 is 11.3 Å². The Bertz CT molecular complexity index is 1020. The zero-order valence-electron chi connectivity index (χ0n) is 14.4. The average molecular weight is 398 g/mol. The van der Waals surface area contributed by atoms with Gasteiger partial charge in [0.05, 0.1) is 12.3 Å². The van der Waals surface area contributed by atoms with Crippen molar-refractivity contribution in [3.63, 3.8) is 0 Å². The molecule has 1 amide bonds. The van der Waals surface area contributed by atoms with Crippen molar-refractivity contribution in [3.05, 3.63) is 75.0 Å². The number of pyridine rings is 1. The monoisotopic (exact) mass is 398 g/mol. The minimum absolute atomic E-state index is 0.0667. The molecule has 0 spiro atoms. The number of thiophene rings is 1. The molecule has 9 nitrogen and oxygen atoms in total. The predicted octanol–water partition coefficient (Wildman–Crippen LogP) is 3.40. The van der Waals surface area contributed by atoms with Crippen molar-refractivity contribution in [3.8, 4) is 5.75 Å². The van der Waals surface area contributed by atoms with E-state index in [1.165, 1.54) is 34.7 Å². The zero-order valence-corrected chi connectivity index (χ0v) is 15.2. The van der Waals surface area contributed by atoms with Crippen molar-refractivity contribution in [1.29, 1.82) is 0 Å². The fourth-order valence-electron chi connectivity index (χ4n) is 2.87. The van der Waals surface area contributed by atoms with Gasteiger partial charge in [0, 0.05) is 11.3 Å². The Kier molecular flexibility index (Phi) is 4.85. The summed E-state index contributed by atoms with van der Waals surface area (Å²) in [6.45, 7) is -0.399. The molecule has 1 atom stereocenters. The van der Waals surface area contributed by atoms with E-state index in [1.54, 1.807) is 18.4 Å². The van der Waals surface area contributed by atoms with E-state index < -0.39 is 23.3 Å². The third kappa shape index (κ3) is 3.49. The van der Waals surface area contributed by atoms with Crippen LogP contribution in [-0.4, -0.2) is 33.1 Å². The van der Waals surface area contributed by atoms with Gasteiger partial charge in [0.2, 0.25) is 5.75 Å². The number of hydrazone groups is 1. The Balaban J connectivity index is 1.55. The first-order valence-electron chi connectivity index (χ1n) is 8.32. The molecule has 0 N–H and O–H groups in total. The summed E-state index contributed by atoms with van der Waals surface area (Å²) >= 11 is 1.52. The molecule has 1 unspecified atom stereocenters. The highest BCUT2D eigenvalue weighted by Crippen LogP contribution is 2.35. The highest BCUT2D eigenvalue weighted by Gasteiger charge is 2.35. The topological polar surface area (TPSA) is 111 Å². The van der Waals surface area contributed by atoms with E-state index in [4.69, 9.17) is 9.15 Å². The van der Waals surface area contributed by atoms with Gasteiger partial charge in [0.15, 0.2) is 6.61 Å². The van der Waals surface area contributed by atoms with Crippen LogP contribution in [0.15, 0.2) is 63.8 Å². The summed E-state index contributed by atoms with van der Waals surface area (Å²) in [7, 11) is 0. The van der Waals surface area contributed by atoms with E-state index in [-0.39, 0.29) is 11.8 Å². The molecule has 0 aromatic carbocycles. The Hall–Kier alpha value is -3.53. The lowest BCUT2D eigenvalue weighted by molar-refractivity contribution is -0.390. The Morgan fingerprint density at radius 3 is 2.96 bits per heavy atom. The van der Waals surface area contributed by atoms with Crippen LogP contribution in [0.3, 0.4) is 0 Å². The summed E-state index contributed by atoms with van der Waals surface area (Å²) < 4.78 is 10.8. The number of hydrogen-bond acceptors (Lipinski definition) is 8. The lowest BCUT2D eigenvalue weighted by Crippen LogP contribution is -2.31. The van der Waals surface area contributed by atoms with Gasteiger partial charge >= 0.3 is 5.82 Å². The molecule has 4 rings (SSSR count). The van der Waals surface area contributed by atoms with Crippen LogP contribution in [-0.2, 0) is 4.79 Å². The number of carbonyl (C=O) groups is 1. The SMILES string of the molecule is O=C(COc1cccnc1[N+](=O)[O-])N1N=C(c2ccco2)CC1c1cccs1. The summed E-state index contributed by atoms with van der Waals surface area (Å²) in [5.74, 6) is -0.326. The molecule has 1 aliphatic rings. The van der Waals surface area contributed by atoms with Crippen LogP contribution in [0.1, 0.15) is 23.1 Å². The highest BCUT2D eigenvalue weighted by molar-refractivity contribution is 7.10. The maximum atomic E-state index is 12.8. The quantitative estimate of drug-likeness (QED) is 0.465. The predicted molar refractivity (Wildman–Crippen MR) is 100 cm³/mol. The fourth-order valence-corrected chi connectivity index (χ4v) is 3.68. The van der Waals surface area contributed by atoms with Crippen molar-refractivity contribution >= 4 is 28.8 Å². The van der Waals surface area contributed by atoms with Crippen molar-refractivity contribution < 1.29 is 18.9 Å². The van der Waals surface area contributed by atoms with E-state index in [0.717, 1.165) is 4.88 Å². The summed E-state index contributed by atoms with van der Waals surface area (Å²) in [6, 6.07) is 10.0. The molecular weight excluding hydrogens is 384 g/mol. The van der Waals surface area contributed by atoms with Crippen LogP contribution in [0.5, 0.6) is 5.75 Å². The van der Waals surface area contributed by atoms with E-state index in [1.807, 2.05) is 17.5 Å². The molecule has 0 bridgehead atoms. The first kappa shape index (κ1) is 17.9. The lowest BCUT2D eigenvalue weighted by atomic mass is 10.1. The standard InChI is InChI=1S/C18H14N4O5S/c23-17(11-27-15-4-1-7-19-18(15)22(24)25)21-13(16-6-3-9-28-16)10-12(20-21)14-5-2-8-26-14/h1-9,13H,10-11H2. The number of furan rings is 1. The first-order chi connectivity index (χ1) is 13.6. The lowest BCUT2D eigenvalue weighted by Gasteiger charge is -2.20. The number of amides is 1. The maximum absolute atomic E-state index is 12.8. The van der Waals surface area contributed by atoms with Gasteiger partial charge in [-0.3, -0.25) is 4.79 Å². The smallest absolute Gasteiger partial charge is 0.406 e. The second kappa shape index (κ2) is 7.61. The number of carbonyl (C=O) groups excluding carboxylic acids is 1. The molecule has 4 heterocycles. The normalized spacial score (nSPS) is 16.1. The summed E-state index contributed by atoms with van der Waals surface area (Å²) in [5.41, 5.74) is 0.657. The highest BCUT2D eigenvalue weighted by atomic mass is 32.1. The molecule has 0 aliphatic carbocycles. The molecule has 0 radical (unpaired) electrons. The van der Waals surface area contributed by atoms with Crippen molar-refractivity contribution in [1.82, 2.24) is 9.99 Å². The summed E-state index contributed by atoms with van der Waals surface area (Å²) in [4.78, 5) is 27.8. The van der Waals surface area contributed by atoms with Crippen molar-refractivity contribution in [2.45, 2.75) is 12.5 Å². The summed E-state index contributed by atoms with van der Waals surface area (Å²) in [6.07, 6.45) is 3.35. The second-order valence-corrected chi connectivity index (χ2v) is 6.85. The van der Waals surface area contributed by atoms with Gasteiger partial charge in [-0.25, -0.2) is 5.01 Å². The number of nitrogens with zero attached hydrogens (tertiary/aromatic N) is 4. The average Bonchev–Trinajstić information content (AvgIpc) is 3.46. The number of rotatable bonds is 6. The number of ether oxygens (including phenoxy) is 1. The van der Waals surface area contributed by atoms with Crippen LogP contribution in [0.2, 0.25) is 0 Å². The first-order valence-corrected chi connectivity index (χ1v) is 9.20. The molecule has 1 aliphatic heterocycles. The fraction of sp³-hybridized carbons (Fsp3) is 0.167. The molecule has 0 saturated carbocycles. The van der Waals surface area contributed by atoms with Gasteiger partial charge in [0.1, 0.15) is 17.7 Å². The third-order valence-electron chi connectivity index (χ3n) is 4.12. The number of hydrogen-bond donors (Lipinski definition) is 0. The molecule has 0 saturated heterocycles. The van der Waals surface area contributed by atoms with Crippen molar-refractivity contribution in [2.24, 2.45) is 5.10 Å². The molecule has 142 valence electrons. The van der Waals surface area contributed by atoms with Crippen LogP contribution in [0.4, 0.5) is 5.82 Å². The van der Waals surface area contributed by atoms with Gasteiger partial charge in [-0.05, 0) is 45.6 Å². The molecule has 28 heavy (non-hydrogen) atoms. The van der Waals surface area contributed by atoms with Gasteiger partial charge in [-0.2, -0.15) is 5.10 Å². The van der Waals surface area contributed by atoms with Gasteiger partial charge < -0.3 is 19.3 Å². The van der Waals surface area contributed by atoms with E-state index in [9.17, 15) is 14.9 Å². The third-order valence-corrected chi connectivity index (χ3v) is 5.09. The second-order valence-electron chi connectivity index (χ2n) is 5.87. The van der Waals surface area contributed by atoms with Gasteiger partial charge in [0.25, 0.3) is 5.91 Å². The molecule has 0 fully saturated rings.